The van der Waals surface area contributed by atoms with E-state index >= 15 is 0 Å². The minimum atomic E-state index is -2.73. The van der Waals surface area contributed by atoms with Crippen LogP contribution < -0.4 is 10.6 Å². The van der Waals surface area contributed by atoms with Crippen LogP contribution in [0.3, 0.4) is 0 Å². The van der Waals surface area contributed by atoms with Gasteiger partial charge in [0.2, 0.25) is 5.91 Å². The maximum atomic E-state index is 12.6. The zero-order valence-electron chi connectivity index (χ0n) is 7.98. The van der Waals surface area contributed by atoms with Gasteiger partial charge in [-0.1, -0.05) is 6.92 Å². The van der Waals surface area contributed by atoms with E-state index in [1.54, 1.807) is 0 Å². The van der Waals surface area contributed by atoms with Gasteiger partial charge in [0.05, 0.1) is 12.6 Å². The van der Waals surface area contributed by atoms with Crippen molar-refractivity contribution >= 4 is 18.3 Å². The number of rotatable bonds is 3. The fraction of sp³-hybridized carbons (Fsp3) is 0.875. The van der Waals surface area contributed by atoms with Gasteiger partial charge in [-0.15, -0.1) is 12.4 Å². The summed E-state index contributed by atoms with van der Waals surface area (Å²) in [6.45, 7) is 2.07. The van der Waals surface area contributed by atoms with Gasteiger partial charge in [-0.3, -0.25) is 10.1 Å². The normalized spacial score (nSPS) is 24.1. The van der Waals surface area contributed by atoms with E-state index in [2.05, 4.69) is 10.6 Å². The van der Waals surface area contributed by atoms with Crippen molar-refractivity contribution in [3.63, 3.8) is 0 Å². The Balaban J connectivity index is 0.00000169. The topological polar surface area (TPSA) is 41.1 Å². The third-order valence-electron chi connectivity index (χ3n) is 1.98. The Labute approximate surface area is 88.0 Å². The van der Waals surface area contributed by atoms with Gasteiger partial charge in [0.25, 0.3) is 5.92 Å². The molecule has 0 radical (unpaired) electrons. The Morgan fingerprint density at radius 3 is 2.71 bits per heavy atom. The average Bonchev–Trinajstić information content (AvgIpc) is 2.42. The predicted molar refractivity (Wildman–Crippen MR) is 51.9 cm³/mol. The Morgan fingerprint density at radius 1 is 1.64 bits per heavy atom. The van der Waals surface area contributed by atoms with E-state index < -0.39 is 18.5 Å². The number of hydrogen-bond acceptors (Lipinski definition) is 2. The van der Waals surface area contributed by atoms with Crippen LogP contribution in [0.4, 0.5) is 8.78 Å². The summed E-state index contributed by atoms with van der Waals surface area (Å²) in [7, 11) is 0. The first kappa shape index (κ1) is 13.6. The molecule has 2 N–H and O–H groups in total. The molecule has 0 aromatic rings. The second-order valence-electron chi connectivity index (χ2n) is 3.28. The van der Waals surface area contributed by atoms with Gasteiger partial charge in [-0.05, 0) is 6.42 Å². The molecule has 0 aromatic heterocycles. The number of hydrogen-bond donors (Lipinski definition) is 2. The largest absolute Gasteiger partial charge is 0.355 e. The summed E-state index contributed by atoms with van der Waals surface area (Å²) in [6, 6.07) is -0.721. The highest BCUT2D eigenvalue weighted by atomic mass is 35.5. The van der Waals surface area contributed by atoms with Gasteiger partial charge in [-0.25, -0.2) is 8.78 Å². The third kappa shape index (κ3) is 3.75. The van der Waals surface area contributed by atoms with Gasteiger partial charge in [0.1, 0.15) is 0 Å². The maximum absolute atomic E-state index is 12.6. The molecule has 1 fully saturated rings. The van der Waals surface area contributed by atoms with Crippen molar-refractivity contribution in [3.05, 3.63) is 0 Å². The van der Waals surface area contributed by atoms with Crippen LogP contribution in [0.1, 0.15) is 19.8 Å². The van der Waals surface area contributed by atoms with Crippen molar-refractivity contribution in [2.45, 2.75) is 31.7 Å². The van der Waals surface area contributed by atoms with Crippen LogP contribution in [0.15, 0.2) is 0 Å². The third-order valence-corrected chi connectivity index (χ3v) is 1.98. The Hall–Kier alpha value is -0.420. The highest BCUT2D eigenvalue weighted by molar-refractivity contribution is 5.85. The highest BCUT2D eigenvalue weighted by Gasteiger charge is 2.42. The first-order valence-electron chi connectivity index (χ1n) is 4.44. The average molecular weight is 229 g/mol. The number of nitrogens with one attached hydrogen (secondary N) is 2. The Morgan fingerprint density at radius 2 is 2.29 bits per heavy atom. The molecule has 84 valence electrons. The van der Waals surface area contributed by atoms with Crippen molar-refractivity contribution in [1.29, 1.82) is 0 Å². The molecule has 1 atom stereocenters. The van der Waals surface area contributed by atoms with Crippen molar-refractivity contribution in [2.24, 2.45) is 0 Å². The summed E-state index contributed by atoms with van der Waals surface area (Å²) < 4.78 is 25.3. The number of carbonyl (C=O) groups excluding carboxylic acids is 1. The minimum Gasteiger partial charge on any atom is -0.355 e. The fourth-order valence-electron chi connectivity index (χ4n) is 1.27. The molecule has 1 aliphatic rings. The van der Waals surface area contributed by atoms with Crippen molar-refractivity contribution in [3.8, 4) is 0 Å². The summed E-state index contributed by atoms with van der Waals surface area (Å²) in [4.78, 5) is 11.2. The summed E-state index contributed by atoms with van der Waals surface area (Å²) in [5, 5.41) is 5.07. The number of amides is 1. The first-order chi connectivity index (χ1) is 6.05. The van der Waals surface area contributed by atoms with Crippen LogP contribution in [-0.2, 0) is 4.79 Å². The standard InChI is InChI=1S/C8H14F2N2O.ClH/c1-2-3-11-7(13)6-4-8(9,10)5-12-6;/h6,12H,2-5H2,1H3,(H,11,13);1H. The van der Waals surface area contributed by atoms with Crippen molar-refractivity contribution < 1.29 is 13.6 Å². The number of carbonyl (C=O) groups is 1. The second-order valence-corrected chi connectivity index (χ2v) is 3.28. The van der Waals surface area contributed by atoms with Crippen LogP contribution in [0, 0.1) is 0 Å². The fourth-order valence-corrected chi connectivity index (χ4v) is 1.27. The number of halogens is 3. The van der Waals surface area contributed by atoms with Gasteiger partial charge < -0.3 is 5.32 Å². The molecule has 0 aromatic carbocycles. The second kappa shape index (κ2) is 5.46. The van der Waals surface area contributed by atoms with Crippen LogP contribution in [0.2, 0.25) is 0 Å². The van der Waals surface area contributed by atoms with Crippen LogP contribution in [-0.4, -0.2) is 31.0 Å². The van der Waals surface area contributed by atoms with E-state index in [1.165, 1.54) is 0 Å². The molecule has 1 aliphatic heterocycles. The van der Waals surface area contributed by atoms with Gasteiger partial charge in [0.15, 0.2) is 0 Å². The van der Waals surface area contributed by atoms with Crippen LogP contribution in [0.5, 0.6) is 0 Å². The lowest BCUT2D eigenvalue weighted by molar-refractivity contribution is -0.123. The predicted octanol–water partition coefficient (Wildman–Crippen LogP) is 0.932. The molecule has 0 aliphatic carbocycles. The van der Waals surface area contributed by atoms with E-state index in [9.17, 15) is 13.6 Å². The smallest absolute Gasteiger partial charge is 0.262 e. The summed E-state index contributed by atoms with van der Waals surface area (Å²) >= 11 is 0. The lowest BCUT2D eigenvalue weighted by Crippen LogP contribution is -2.40. The molecule has 6 heteroatoms. The first-order valence-corrected chi connectivity index (χ1v) is 4.44. The summed E-state index contributed by atoms with van der Waals surface area (Å²) in [6.07, 6.45) is 0.428. The number of alkyl halides is 2. The highest BCUT2D eigenvalue weighted by Crippen LogP contribution is 2.24. The molecule has 1 heterocycles. The summed E-state index contributed by atoms with van der Waals surface area (Å²) in [5.41, 5.74) is 0. The van der Waals surface area contributed by atoms with Crippen molar-refractivity contribution in [1.82, 2.24) is 10.6 Å². The Kier molecular flexibility index (Phi) is 5.29. The molecule has 0 bridgehead atoms. The monoisotopic (exact) mass is 228 g/mol. The zero-order chi connectivity index (χ0) is 9.90. The van der Waals surface area contributed by atoms with E-state index in [-0.39, 0.29) is 24.7 Å². The van der Waals surface area contributed by atoms with Gasteiger partial charge in [-0.2, -0.15) is 0 Å². The van der Waals surface area contributed by atoms with Gasteiger partial charge in [0, 0.05) is 13.0 Å². The molecule has 3 nitrogen and oxygen atoms in total. The molecule has 0 spiro atoms. The molecule has 1 amide bonds. The van der Waals surface area contributed by atoms with Crippen molar-refractivity contribution in [2.75, 3.05) is 13.1 Å². The molecule has 1 saturated heterocycles. The molecular weight excluding hydrogens is 214 g/mol. The Bertz CT molecular complexity index is 202. The summed E-state index contributed by atoms with van der Waals surface area (Å²) in [5.74, 6) is -3.05. The molecular formula is C8H15ClF2N2O. The molecule has 0 saturated carbocycles. The zero-order valence-corrected chi connectivity index (χ0v) is 8.79. The van der Waals surface area contributed by atoms with Crippen LogP contribution in [0.25, 0.3) is 0 Å². The van der Waals surface area contributed by atoms with E-state index in [0.29, 0.717) is 6.54 Å². The lowest BCUT2D eigenvalue weighted by atomic mass is 10.2. The SMILES string of the molecule is CCCNC(=O)C1CC(F)(F)CN1.Cl. The van der Waals surface area contributed by atoms with Crippen LogP contribution >= 0.6 is 12.4 Å². The molecule has 1 unspecified atom stereocenters. The van der Waals surface area contributed by atoms with E-state index in [4.69, 9.17) is 0 Å². The van der Waals surface area contributed by atoms with E-state index in [1.807, 2.05) is 6.92 Å². The van der Waals surface area contributed by atoms with E-state index in [0.717, 1.165) is 6.42 Å². The minimum absolute atomic E-state index is 0. The van der Waals surface area contributed by atoms with Gasteiger partial charge >= 0.3 is 0 Å². The maximum Gasteiger partial charge on any atom is 0.262 e. The quantitative estimate of drug-likeness (QED) is 0.755. The molecule has 14 heavy (non-hydrogen) atoms. The molecule has 1 rings (SSSR count). The lowest BCUT2D eigenvalue weighted by Gasteiger charge is -2.09.